The van der Waals surface area contributed by atoms with Gasteiger partial charge in [0.2, 0.25) is 23.3 Å². The lowest BCUT2D eigenvalue weighted by Crippen LogP contribution is -2.32. The first-order chi connectivity index (χ1) is 29.5. The summed E-state index contributed by atoms with van der Waals surface area (Å²) in [6, 6.07) is 12.6. The van der Waals surface area contributed by atoms with E-state index in [1.165, 1.54) is 42.5 Å². The van der Waals surface area contributed by atoms with Gasteiger partial charge in [-0.2, -0.15) is 21.4 Å². The number of nitrogens with one attached hydrogen (secondary N) is 2. The Hall–Kier alpha value is -5.95. The topological polar surface area (TPSA) is 248 Å². The maximum absolute atomic E-state index is 14.1. The summed E-state index contributed by atoms with van der Waals surface area (Å²) in [5.41, 5.74) is 2.07. The number of carbonyl (C=O) groups is 4. The van der Waals surface area contributed by atoms with Gasteiger partial charge in [0.1, 0.15) is 12.3 Å². The summed E-state index contributed by atoms with van der Waals surface area (Å²) in [4.78, 5) is 53.4. The van der Waals surface area contributed by atoms with Gasteiger partial charge in [-0.25, -0.2) is 4.79 Å². The predicted octanol–water partition coefficient (Wildman–Crippen LogP) is 6.97. The van der Waals surface area contributed by atoms with Gasteiger partial charge >= 0.3 is 5.97 Å². The quantitative estimate of drug-likeness (QED) is 0.115. The largest absolute Gasteiger partial charge is 0.506 e. The number of hydrogen-bond acceptors (Lipinski definition) is 10. The molecule has 0 fully saturated rings. The molecule has 0 unspecified atom stereocenters. The van der Waals surface area contributed by atoms with Crippen LogP contribution < -0.4 is 15.5 Å². The summed E-state index contributed by atoms with van der Waals surface area (Å²) in [6.07, 6.45) is 6.48. The van der Waals surface area contributed by atoms with Gasteiger partial charge in [-0.1, -0.05) is 20.3 Å². The van der Waals surface area contributed by atoms with Crippen molar-refractivity contribution in [1.29, 1.82) is 0 Å². The van der Waals surface area contributed by atoms with Crippen molar-refractivity contribution in [3.63, 3.8) is 0 Å². The highest BCUT2D eigenvalue weighted by Crippen LogP contribution is 2.50. The number of amides is 2. The fraction of sp³-hybridized carbons (Fsp3) is 0.356. The molecule has 8 rings (SSSR count). The van der Waals surface area contributed by atoms with Gasteiger partial charge in [-0.15, -0.1) is 0 Å². The van der Waals surface area contributed by atoms with Gasteiger partial charge in [0.25, 0.3) is 20.2 Å². The SMILES string of the molecule is CC1(C)C2=[N+](CCCCCC(=O)Nc3cc(cc(C(=O)O)c3)NC(=O)CCCCCN3/C(=C\C4=C(O)C(=C2)C4=O)C(C)(C)c2cc(S(=O)(=O)O)ccc23)c2ccc(S(=O)(=O)O)cc21. The molecule has 0 atom stereocenters. The normalized spacial score (nSPS) is 20.5. The van der Waals surface area contributed by atoms with Crippen LogP contribution in [0.5, 0.6) is 0 Å². The highest BCUT2D eigenvalue weighted by Gasteiger charge is 2.48. The van der Waals surface area contributed by atoms with E-state index in [1.807, 2.05) is 37.2 Å². The number of rotatable bonds is 3. The number of aromatic carboxylic acids is 1. The van der Waals surface area contributed by atoms with Crippen molar-refractivity contribution in [2.24, 2.45) is 0 Å². The van der Waals surface area contributed by atoms with Gasteiger partial charge in [0.05, 0.1) is 31.9 Å². The van der Waals surface area contributed by atoms with Crippen LogP contribution in [0.3, 0.4) is 0 Å². The number of carbonyl (C=O) groups excluding carboxylic acids is 3. The average Bonchev–Trinajstić information content (AvgIpc) is 3.54. The maximum Gasteiger partial charge on any atom is 0.335 e. The molecule has 0 saturated heterocycles. The summed E-state index contributed by atoms with van der Waals surface area (Å²) >= 11 is 0. The molecular weight excluding hydrogens is 853 g/mol. The number of allylic oxidation sites excluding steroid dienone is 5. The number of aliphatic hydroxyl groups is 1. The third-order valence-electron chi connectivity index (χ3n) is 12.2. The predicted molar refractivity (Wildman–Crippen MR) is 234 cm³/mol. The number of hydrogen-bond donors (Lipinski definition) is 6. The number of benzene rings is 3. The molecule has 2 amide bonds. The minimum Gasteiger partial charge on any atom is -0.506 e. The maximum atomic E-state index is 14.1. The second-order valence-electron chi connectivity index (χ2n) is 17.2. The number of aliphatic hydroxyl groups excluding tert-OH is 1. The number of ketones is 1. The van der Waals surface area contributed by atoms with E-state index in [9.17, 15) is 55.3 Å². The van der Waals surface area contributed by atoms with Crippen LogP contribution >= 0.6 is 0 Å². The van der Waals surface area contributed by atoms with Crippen molar-refractivity contribution in [2.45, 2.75) is 99.7 Å². The van der Waals surface area contributed by atoms with Gasteiger partial charge in [-0.05, 0) is 99.7 Å². The molecule has 1 aliphatic carbocycles. The number of Topliss-reactive ketones (excluding diaryl/α,β-unsaturated/α-hetero) is 1. The Morgan fingerprint density at radius 2 is 1.29 bits per heavy atom. The van der Waals surface area contributed by atoms with E-state index < -0.39 is 42.8 Å². The summed E-state index contributed by atoms with van der Waals surface area (Å²) in [5.74, 6) is -2.69. The van der Waals surface area contributed by atoms with E-state index in [4.69, 9.17) is 0 Å². The lowest BCUT2D eigenvalue weighted by molar-refractivity contribution is -0.438. The molecular formula is C45H49N4O12S2+. The summed E-state index contributed by atoms with van der Waals surface area (Å²) in [7, 11) is -9.12. The van der Waals surface area contributed by atoms with Crippen LogP contribution in [0.15, 0.2) is 99.1 Å². The van der Waals surface area contributed by atoms with Crippen LogP contribution in [-0.4, -0.2) is 83.1 Å². The first kappa shape index (κ1) is 45.1. The average molecular weight is 902 g/mol. The van der Waals surface area contributed by atoms with Crippen molar-refractivity contribution in [2.75, 3.05) is 28.6 Å². The van der Waals surface area contributed by atoms with Gasteiger partial charge < -0.3 is 25.7 Å². The third-order valence-corrected chi connectivity index (χ3v) is 13.9. The third kappa shape index (κ3) is 8.85. The molecule has 0 spiro atoms. The lowest BCUT2D eigenvalue weighted by Gasteiger charge is -2.29. The highest BCUT2D eigenvalue weighted by atomic mass is 32.2. The van der Waals surface area contributed by atoms with E-state index in [1.54, 1.807) is 24.3 Å². The van der Waals surface area contributed by atoms with Crippen LogP contribution in [0.25, 0.3) is 0 Å². The molecule has 4 heterocycles. The summed E-state index contributed by atoms with van der Waals surface area (Å²) in [6.45, 7) is 8.11. The van der Waals surface area contributed by atoms with Gasteiger partial charge in [0.15, 0.2) is 5.71 Å². The second-order valence-corrected chi connectivity index (χ2v) is 20.1. The molecule has 0 saturated carbocycles. The smallest absolute Gasteiger partial charge is 0.335 e. The van der Waals surface area contributed by atoms with E-state index in [0.717, 1.165) is 0 Å². The zero-order valence-corrected chi connectivity index (χ0v) is 36.8. The van der Waals surface area contributed by atoms with E-state index in [2.05, 4.69) is 10.6 Å². The molecule has 0 radical (unpaired) electrons. The highest BCUT2D eigenvalue weighted by molar-refractivity contribution is 7.86. The summed E-state index contributed by atoms with van der Waals surface area (Å²) < 4.78 is 70.6. The molecule has 16 nitrogen and oxygen atoms in total. The molecule has 3 aromatic rings. The number of carboxylic acids is 1. The Morgan fingerprint density at radius 3 is 1.86 bits per heavy atom. The van der Waals surface area contributed by atoms with Crippen molar-refractivity contribution in [3.05, 3.63) is 106 Å². The second kappa shape index (κ2) is 16.6. The fourth-order valence-corrected chi connectivity index (χ4v) is 9.84. The molecule has 4 bridgehead atoms. The Bertz CT molecular complexity index is 2850. The van der Waals surface area contributed by atoms with E-state index >= 15 is 0 Å². The zero-order chi connectivity index (χ0) is 45.8. The van der Waals surface area contributed by atoms with Crippen LogP contribution in [0.2, 0.25) is 0 Å². The van der Waals surface area contributed by atoms with Crippen molar-refractivity contribution in [3.8, 4) is 0 Å². The van der Waals surface area contributed by atoms with Gasteiger partial charge in [0, 0.05) is 71.7 Å². The Labute approximate surface area is 365 Å². The molecule has 63 heavy (non-hydrogen) atoms. The first-order valence-corrected chi connectivity index (χ1v) is 23.4. The van der Waals surface area contributed by atoms with E-state index in [-0.39, 0.29) is 68.3 Å². The zero-order valence-electron chi connectivity index (χ0n) is 35.2. The van der Waals surface area contributed by atoms with Gasteiger partial charge in [-0.3, -0.25) is 23.5 Å². The molecule has 0 aromatic heterocycles. The standard InChI is InChI=1S/C45H48N4O12S2/c1-44(2)33-22-29(62(56,57)58)13-15-35(33)48-17-9-5-7-11-39(50)46-27-19-26(43(54)55)20-28(21-27)47-40(51)12-8-6-10-18-49-36-16-14-30(63(59,60)61)23-34(36)45(3,4)38(49)25-32-41(52)31(42(32)53)24-37(44)48/h13-16,19-25H,5-12,17-18H2,1-4H3,(H5-,46,47,50,51,52,53,54,55,56,57,58,59,60,61)/p+1. The molecule has 332 valence electrons. The van der Waals surface area contributed by atoms with Crippen molar-refractivity contribution >= 4 is 72.3 Å². The first-order valence-electron chi connectivity index (χ1n) is 20.6. The minimum atomic E-state index is -4.56. The fourth-order valence-electron chi connectivity index (χ4n) is 8.82. The summed E-state index contributed by atoms with van der Waals surface area (Å²) in [5, 5.41) is 26.9. The Balaban J connectivity index is 1.29. The Morgan fingerprint density at radius 1 is 0.714 bits per heavy atom. The number of nitrogens with zero attached hydrogens (tertiary/aromatic N) is 2. The van der Waals surface area contributed by atoms with Crippen molar-refractivity contribution < 1.29 is 59.9 Å². The van der Waals surface area contributed by atoms with Crippen LogP contribution in [0.1, 0.15) is 101 Å². The molecule has 4 aliphatic heterocycles. The lowest BCUT2D eigenvalue weighted by atomic mass is 9.77. The van der Waals surface area contributed by atoms with Crippen LogP contribution in [0.4, 0.5) is 22.7 Å². The molecule has 6 N–H and O–H groups in total. The minimum absolute atomic E-state index is 0.0257. The molecule has 18 heteroatoms. The monoisotopic (exact) mass is 901 g/mol. The van der Waals surface area contributed by atoms with E-state index in [0.29, 0.717) is 85.5 Å². The number of carboxylic acid groups (broad SMARTS) is 1. The number of fused-ring (bicyclic) bond motifs is 14. The Kier molecular flexibility index (Phi) is 11.9. The van der Waals surface area contributed by atoms with Crippen LogP contribution in [-0.2, 0) is 45.4 Å². The molecule has 3 aromatic carbocycles. The number of anilines is 3. The van der Waals surface area contributed by atoms with Crippen molar-refractivity contribution in [1.82, 2.24) is 0 Å². The molecule has 5 aliphatic rings. The van der Waals surface area contributed by atoms with Crippen LogP contribution in [0, 0.1) is 0 Å².